The average molecular weight is 517 g/mol. The molecule has 7 heteroatoms. The van der Waals surface area contributed by atoms with Gasteiger partial charge < -0.3 is 5.11 Å². The van der Waals surface area contributed by atoms with Gasteiger partial charge in [0.1, 0.15) is 5.82 Å². The maximum Gasteiger partial charge on any atom is 0.306 e. The normalized spacial score (nSPS) is 22.5. The van der Waals surface area contributed by atoms with Crippen molar-refractivity contribution in [3.63, 3.8) is 0 Å². The van der Waals surface area contributed by atoms with Crippen molar-refractivity contribution in [2.45, 2.75) is 38.6 Å². The number of benzene rings is 3. The van der Waals surface area contributed by atoms with Gasteiger partial charge in [-0.3, -0.25) is 14.3 Å². The highest BCUT2D eigenvalue weighted by atomic mass is 35.5. The van der Waals surface area contributed by atoms with Crippen LogP contribution in [0.5, 0.6) is 0 Å². The molecule has 0 radical (unpaired) electrons. The first-order valence-electron chi connectivity index (χ1n) is 12.6. The highest BCUT2D eigenvalue weighted by Crippen LogP contribution is 2.62. The van der Waals surface area contributed by atoms with Crippen LogP contribution >= 0.6 is 11.6 Å². The molecular formula is C30H26ClFN2O3. The standard InChI is InChI=1S/C30H26ClFN2O3/c31-24-9-22-16-33-34(17-21-7-6-20(10-26(21)32)19-4-2-1-3-5-19)28(22)25(11-24)27(35)8-18-12-30(13-18)14-23(15-30)29(36)37/h1-7,9-11,16,18,23H,8,12-15,17H2,(H,36,37). The van der Waals surface area contributed by atoms with Gasteiger partial charge in [-0.15, -0.1) is 0 Å². The molecule has 1 N–H and O–H groups in total. The summed E-state index contributed by atoms with van der Waals surface area (Å²) in [7, 11) is 0. The van der Waals surface area contributed by atoms with Crippen LogP contribution in [0.2, 0.25) is 5.02 Å². The lowest BCUT2D eigenvalue weighted by molar-refractivity contribution is -0.157. The SMILES string of the molecule is O=C(CC1CC2(C1)CC(C(=O)O)C2)c1cc(Cl)cc2cnn(Cc3ccc(-c4ccccc4)cc3F)c12. The fourth-order valence-corrected chi connectivity index (χ4v) is 6.58. The van der Waals surface area contributed by atoms with Gasteiger partial charge in [-0.25, -0.2) is 4.39 Å². The number of hydrogen-bond acceptors (Lipinski definition) is 3. The molecule has 6 rings (SSSR count). The number of Topliss-reactive ketones (excluding diaryl/α,β-unsaturated/α-hetero) is 1. The van der Waals surface area contributed by atoms with E-state index in [1.165, 1.54) is 6.07 Å². The molecule has 1 aromatic heterocycles. The number of nitrogens with zero attached hydrogens (tertiary/aromatic N) is 2. The Morgan fingerprint density at radius 3 is 2.49 bits per heavy atom. The highest BCUT2D eigenvalue weighted by Gasteiger charge is 2.54. The van der Waals surface area contributed by atoms with Crippen molar-refractivity contribution in [1.82, 2.24) is 9.78 Å². The topological polar surface area (TPSA) is 72.2 Å². The summed E-state index contributed by atoms with van der Waals surface area (Å²) in [5, 5.41) is 14.8. The third-order valence-electron chi connectivity index (χ3n) is 8.10. The molecule has 0 unspecified atom stereocenters. The summed E-state index contributed by atoms with van der Waals surface area (Å²) < 4.78 is 16.8. The summed E-state index contributed by atoms with van der Waals surface area (Å²) in [6.07, 6.45) is 5.27. The molecule has 188 valence electrons. The molecule has 2 fully saturated rings. The van der Waals surface area contributed by atoms with Gasteiger partial charge in [0.25, 0.3) is 0 Å². The molecule has 37 heavy (non-hydrogen) atoms. The quantitative estimate of drug-likeness (QED) is 0.268. The predicted octanol–water partition coefficient (Wildman–Crippen LogP) is 7.01. The van der Waals surface area contributed by atoms with Gasteiger partial charge in [0, 0.05) is 28.0 Å². The van der Waals surface area contributed by atoms with E-state index in [4.69, 9.17) is 16.7 Å². The second-order valence-corrected chi connectivity index (χ2v) is 11.1. The third kappa shape index (κ3) is 4.44. The maximum atomic E-state index is 15.1. The number of fused-ring (bicyclic) bond motifs is 1. The molecule has 2 aliphatic rings. The van der Waals surface area contributed by atoms with Crippen LogP contribution in [0.25, 0.3) is 22.0 Å². The monoisotopic (exact) mass is 516 g/mol. The van der Waals surface area contributed by atoms with Gasteiger partial charge in [-0.05, 0) is 66.3 Å². The van der Waals surface area contributed by atoms with Gasteiger partial charge in [0.15, 0.2) is 5.78 Å². The minimum Gasteiger partial charge on any atom is -0.481 e. The number of ketones is 1. The van der Waals surface area contributed by atoms with Crippen molar-refractivity contribution in [2.24, 2.45) is 17.3 Å². The zero-order valence-corrected chi connectivity index (χ0v) is 20.9. The van der Waals surface area contributed by atoms with E-state index in [9.17, 15) is 9.59 Å². The van der Waals surface area contributed by atoms with E-state index in [2.05, 4.69) is 5.10 Å². The van der Waals surface area contributed by atoms with Gasteiger partial charge in [0.05, 0.1) is 24.2 Å². The molecular weight excluding hydrogens is 491 g/mol. The van der Waals surface area contributed by atoms with Gasteiger partial charge in [0.2, 0.25) is 0 Å². The fourth-order valence-electron chi connectivity index (χ4n) is 6.35. The van der Waals surface area contributed by atoms with Crippen LogP contribution in [-0.2, 0) is 11.3 Å². The van der Waals surface area contributed by atoms with E-state index in [0.717, 1.165) is 42.2 Å². The van der Waals surface area contributed by atoms with Crippen LogP contribution in [0.4, 0.5) is 4.39 Å². The van der Waals surface area contributed by atoms with E-state index in [-0.39, 0.29) is 35.4 Å². The molecule has 2 saturated carbocycles. The average Bonchev–Trinajstić information content (AvgIpc) is 3.22. The molecule has 0 bridgehead atoms. The first kappa shape index (κ1) is 23.9. The van der Waals surface area contributed by atoms with Gasteiger partial charge in [-0.1, -0.05) is 54.1 Å². The molecule has 1 heterocycles. The molecule has 0 amide bonds. The lowest BCUT2D eigenvalue weighted by atomic mass is 9.47. The number of aromatic nitrogens is 2. The van der Waals surface area contributed by atoms with Crippen LogP contribution < -0.4 is 0 Å². The van der Waals surface area contributed by atoms with Gasteiger partial charge >= 0.3 is 5.97 Å². The largest absolute Gasteiger partial charge is 0.481 e. The lowest BCUT2D eigenvalue weighted by Gasteiger charge is -2.56. The smallest absolute Gasteiger partial charge is 0.306 e. The van der Waals surface area contributed by atoms with Crippen LogP contribution in [0.1, 0.15) is 48.0 Å². The molecule has 2 aliphatic carbocycles. The van der Waals surface area contributed by atoms with Crippen LogP contribution in [0, 0.1) is 23.1 Å². The highest BCUT2D eigenvalue weighted by molar-refractivity contribution is 6.32. The summed E-state index contributed by atoms with van der Waals surface area (Å²) in [6, 6.07) is 18.3. The van der Waals surface area contributed by atoms with Crippen LogP contribution in [-0.4, -0.2) is 26.6 Å². The Balaban J connectivity index is 1.22. The van der Waals surface area contributed by atoms with Gasteiger partial charge in [-0.2, -0.15) is 5.10 Å². The van der Waals surface area contributed by atoms with E-state index in [1.54, 1.807) is 29.1 Å². The Morgan fingerprint density at radius 1 is 1.03 bits per heavy atom. The summed E-state index contributed by atoms with van der Waals surface area (Å²) in [6.45, 7) is 0.190. The zero-order chi connectivity index (χ0) is 25.7. The Bertz CT molecular complexity index is 1520. The van der Waals surface area contributed by atoms with Crippen LogP contribution in [0.15, 0.2) is 66.9 Å². The van der Waals surface area contributed by atoms with Crippen LogP contribution in [0.3, 0.4) is 0 Å². The Hall–Kier alpha value is -3.51. The number of carbonyl (C=O) groups is 2. The fraction of sp³-hybridized carbons (Fsp3) is 0.300. The molecule has 0 saturated heterocycles. The second-order valence-electron chi connectivity index (χ2n) is 10.7. The maximum absolute atomic E-state index is 15.1. The number of halogens is 2. The van der Waals surface area contributed by atoms with Crippen molar-refractivity contribution < 1.29 is 19.1 Å². The number of hydrogen-bond donors (Lipinski definition) is 1. The van der Waals surface area contributed by atoms with E-state index in [1.807, 2.05) is 36.4 Å². The Morgan fingerprint density at radius 2 is 1.78 bits per heavy atom. The first-order valence-corrected chi connectivity index (χ1v) is 12.9. The lowest BCUT2D eigenvalue weighted by Crippen LogP contribution is -2.50. The zero-order valence-electron chi connectivity index (χ0n) is 20.2. The Labute approximate surface area is 218 Å². The summed E-state index contributed by atoms with van der Waals surface area (Å²) >= 11 is 6.34. The summed E-state index contributed by atoms with van der Waals surface area (Å²) in [5.74, 6) is -1.04. The molecule has 4 aromatic rings. The summed E-state index contributed by atoms with van der Waals surface area (Å²) in [5.41, 5.74) is 3.50. The van der Waals surface area contributed by atoms with Crippen molar-refractivity contribution in [2.75, 3.05) is 0 Å². The molecule has 0 aliphatic heterocycles. The molecule has 1 spiro atoms. The predicted molar refractivity (Wildman–Crippen MR) is 140 cm³/mol. The van der Waals surface area contributed by atoms with Crippen molar-refractivity contribution >= 4 is 34.3 Å². The van der Waals surface area contributed by atoms with E-state index < -0.39 is 5.97 Å². The second kappa shape index (κ2) is 9.10. The summed E-state index contributed by atoms with van der Waals surface area (Å²) in [4.78, 5) is 24.6. The van der Waals surface area contributed by atoms with E-state index in [0.29, 0.717) is 28.1 Å². The molecule has 3 aromatic carbocycles. The number of aliphatic carboxylic acids is 1. The number of rotatable bonds is 7. The number of carbonyl (C=O) groups excluding carboxylic acids is 1. The van der Waals surface area contributed by atoms with Crippen molar-refractivity contribution in [3.8, 4) is 11.1 Å². The number of carboxylic acids is 1. The minimum atomic E-state index is -0.717. The van der Waals surface area contributed by atoms with Crippen molar-refractivity contribution in [3.05, 3.63) is 88.8 Å². The minimum absolute atomic E-state index is 0.0110. The van der Waals surface area contributed by atoms with E-state index >= 15 is 4.39 Å². The third-order valence-corrected chi connectivity index (χ3v) is 8.32. The molecule has 5 nitrogen and oxygen atoms in total. The Kier molecular flexibility index (Phi) is 5.87. The number of carboxylic acid groups (broad SMARTS) is 1. The molecule has 0 atom stereocenters. The van der Waals surface area contributed by atoms with Crippen molar-refractivity contribution in [1.29, 1.82) is 0 Å². The first-order chi connectivity index (χ1) is 17.8.